The second-order valence-electron chi connectivity index (χ2n) is 6.82. The number of hydrogen-bond donors (Lipinski definition) is 0. The molecular formula is C19H23N5O. The molecule has 130 valence electrons. The molecule has 3 aromatic rings. The van der Waals surface area contributed by atoms with Gasteiger partial charge in [-0.05, 0) is 37.4 Å². The van der Waals surface area contributed by atoms with Crippen molar-refractivity contribution in [2.24, 2.45) is 5.92 Å². The van der Waals surface area contributed by atoms with Crippen molar-refractivity contribution in [3.63, 3.8) is 0 Å². The Morgan fingerprint density at radius 1 is 1.16 bits per heavy atom. The molecular weight excluding hydrogens is 314 g/mol. The standard InChI is InChI=1S/C19H23N5O/c1-15-6-5-9-23(12-15)10-11-24-13-17(21-22-24)18-14-25-19(20-18)16-7-3-2-4-8-16/h2-4,7-8,13-15H,5-6,9-12H2,1H3/t15-/m0/s1. The van der Waals surface area contributed by atoms with Gasteiger partial charge in [0.2, 0.25) is 5.89 Å². The van der Waals surface area contributed by atoms with Crippen LogP contribution in [0.25, 0.3) is 22.8 Å². The second-order valence-corrected chi connectivity index (χ2v) is 6.82. The number of aromatic nitrogens is 4. The van der Waals surface area contributed by atoms with Crippen LogP contribution in [0.4, 0.5) is 0 Å². The zero-order chi connectivity index (χ0) is 17.1. The van der Waals surface area contributed by atoms with Crippen molar-refractivity contribution in [3.05, 3.63) is 42.8 Å². The SMILES string of the molecule is C[C@H]1CCCN(CCn2cc(-c3coc(-c4ccccc4)n3)nn2)C1. The largest absolute Gasteiger partial charge is 0.444 e. The Hall–Kier alpha value is -2.47. The number of hydrogen-bond acceptors (Lipinski definition) is 5. The first kappa shape index (κ1) is 16.0. The quantitative estimate of drug-likeness (QED) is 0.715. The summed E-state index contributed by atoms with van der Waals surface area (Å²) in [6, 6.07) is 9.87. The first-order valence-corrected chi connectivity index (χ1v) is 8.92. The van der Waals surface area contributed by atoms with Gasteiger partial charge in [0.25, 0.3) is 0 Å². The summed E-state index contributed by atoms with van der Waals surface area (Å²) in [5.74, 6) is 1.40. The summed E-state index contributed by atoms with van der Waals surface area (Å²) < 4.78 is 7.48. The Labute approximate surface area is 147 Å². The number of likely N-dealkylation sites (tertiary alicyclic amines) is 1. The molecule has 1 saturated heterocycles. The van der Waals surface area contributed by atoms with E-state index in [-0.39, 0.29) is 0 Å². The van der Waals surface area contributed by atoms with Crippen molar-refractivity contribution >= 4 is 0 Å². The van der Waals surface area contributed by atoms with E-state index in [4.69, 9.17) is 4.42 Å². The van der Waals surface area contributed by atoms with E-state index in [0.29, 0.717) is 5.89 Å². The summed E-state index contributed by atoms with van der Waals surface area (Å²) in [4.78, 5) is 7.04. The topological polar surface area (TPSA) is 60.0 Å². The van der Waals surface area contributed by atoms with Gasteiger partial charge in [-0.1, -0.05) is 30.3 Å². The van der Waals surface area contributed by atoms with E-state index in [1.165, 1.54) is 25.9 Å². The van der Waals surface area contributed by atoms with Crippen LogP contribution in [0, 0.1) is 5.92 Å². The molecule has 0 unspecified atom stereocenters. The van der Waals surface area contributed by atoms with E-state index in [2.05, 4.69) is 27.1 Å². The minimum atomic E-state index is 0.604. The molecule has 1 atom stereocenters. The molecule has 6 heteroatoms. The second kappa shape index (κ2) is 7.19. The number of oxazole rings is 1. The lowest BCUT2D eigenvalue weighted by Crippen LogP contribution is -2.36. The average molecular weight is 337 g/mol. The van der Waals surface area contributed by atoms with Crippen LogP contribution in [-0.4, -0.2) is 44.5 Å². The van der Waals surface area contributed by atoms with E-state index in [1.807, 2.05) is 41.2 Å². The Kier molecular flexibility index (Phi) is 4.61. The fourth-order valence-electron chi connectivity index (χ4n) is 3.36. The van der Waals surface area contributed by atoms with Gasteiger partial charge in [0.15, 0.2) is 0 Å². The normalized spacial score (nSPS) is 18.5. The predicted octanol–water partition coefficient (Wildman–Crippen LogP) is 3.33. The summed E-state index contributed by atoms with van der Waals surface area (Å²) in [6.45, 7) is 6.57. The van der Waals surface area contributed by atoms with Crippen molar-refractivity contribution in [2.45, 2.75) is 26.3 Å². The minimum Gasteiger partial charge on any atom is -0.444 e. The number of nitrogens with zero attached hydrogens (tertiary/aromatic N) is 5. The maximum absolute atomic E-state index is 5.58. The van der Waals surface area contributed by atoms with Gasteiger partial charge in [-0.15, -0.1) is 5.10 Å². The van der Waals surface area contributed by atoms with Crippen molar-refractivity contribution in [1.82, 2.24) is 24.9 Å². The van der Waals surface area contributed by atoms with Crippen molar-refractivity contribution in [3.8, 4) is 22.8 Å². The van der Waals surface area contributed by atoms with E-state index in [9.17, 15) is 0 Å². The lowest BCUT2D eigenvalue weighted by Gasteiger charge is -2.30. The predicted molar refractivity (Wildman–Crippen MR) is 95.8 cm³/mol. The zero-order valence-corrected chi connectivity index (χ0v) is 14.5. The van der Waals surface area contributed by atoms with E-state index in [1.54, 1.807) is 6.26 Å². The van der Waals surface area contributed by atoms with E-state index >= 15 is 0 Å². The third kappa shape index (κ3) is 3.79. The molecule has 6 nitrogen and oxygen atoms in total. The Morgan fingerprint density at radius 2 is 2.04 bits per heavy atom. The molecule has 0 spiro atoms. The number of benzene rings is 1. The summed E-state index contributed by atoms with van der Waals surface area (Å²) in [6.07, 6.45) is 6.23. The van der Waals surface area contributed by atoms with Gasteiger partial charge >= 0.3 is 0 Å². The maximum atomic E-state index is 5.58. The van der Waals surface area contributed by atoms with Gasteiger partial charge in [0.05, 0.1) is 12.7 Å². The highest BCUT2D eigenvalue weighted by molar-refractivity contribution is 5.59. The maximum Gasteiger partial charge on any atom is 0.226 e. The molecule has 3 heterocycles. The Balaban J connectivity index is 1.40. The van der Waals surface area contributed by atoms with Gasteiger partial charge in [0, 0.05) is 18.7 Å². The van der Waals surface area contributed by atoms with Crippen LogP contribution in [0.2, 0.25) is 0 Å². The van der Waals surface area contributed by atoms with Crippen LogP contribution >= 0.6 is 0 Å². The molecule has 2 aromatic heterocycles. The zero-order valence-electron chi connectivity index (χ0n) is 14.5. The third-order valence-corrected chi connectivity index (χ3v) is 4.71. The third-order valence-electron chi connectivity index (χ3n) is 4.71. The fourth-order valence-corrected chi connectivity index (χ4v) is 3.36. The molecule has 25 heavy (non-hydrogen) atoms. The van der Waals surface area contributed by atoms with Crippen LogP contribution in [0.15, 0.2) is 47.2 Å². The Morgan fingerprint density at radius 3 is 2.88 bits per heavy atom. The van der Waals surface area contributed by atoms with Crippen LogP contribution in [0.1, 0.15) is 19.8 Å². The van der Waals surface area contributed by atoms with Crippen molar-refractivity contribution < 1.29 is 4.42 Å². The first-order chi connectivity index (χ1) is 12.3. The summed E-state index contributed by atoms with van der Waals surface area (Å²) in [7, 11) is 0. The molecule has 0 amide bonds. The smallest absolute Gasteiger partial charge is 0.226 e. The highest BCUT2D eigenvalue weighted by atomic mass is 16.3. The fraction of sp³-hybridized carbons (Fsp3) is 0.421. The van der Waals surface area contributed by atoms with Crippen molar-refractivity contribution in [1.29, 1.82) is 0 Å². The molecule has 0 radical (unpaired) electrons. The van der Waals surface area contributed by atoms with Crippen LogP contribution in [0.5, 0.6) is 0 Å². The lowest BCUT2D eigenvalue weighted by atomic mass is 10.0. The molecule has 0 N–H and O–H groups in total. The van der Waals surface area contributed by atoms with Gasteiger partial charge < -0.3 is 9.32 Å². The lowest BCUT2D eigenvalue weighted by molar-refractivity contribution is 0.176. The van der Waals surface area contributed by atoms with Crippen LogP contribution < -0.4 is 0 Å². The molecule has 0 saturated carbocycles. The highest BCUT2D eigenvalue weighted by Crippen LogP contribution is 2.23. The average Bonchev–Trinajstić information content (AvgIpc) is 3.30. The summed E-state index contributed by atoms with van der Waals surface area (Å²) >= 11 is 0. The number of piperidine rings is 1. The highest BCUT2D eigenvalue weighted by Gasteiger charge is 2.16. The van der Waals surface area contributed by atoms with Gasteiger partial charge in [-0.2, -0.15) is 0 Å². The van der Waals surface area contributed by atoms with Crippen molar-refractivity contribution in [2.75, 3.05) is 19.6 Å². The van der Waals surface area contributed by atoms with Gasteiger partial charge in [-0.25, -0.2) is 4.98 Å². The van der Waals surface area contributed by atoms with Crippen LogP contribution in [-0.2, 0) is 6.54 Å². The van der Waals surface area contributed by atoms with E-state index in [0.717, 1.165) is 36.0 Å². The molecule has 0 bridgehead atoms. The molecule has 1 aromatic carbocycles. The van der Waals surface area contributed by atoms with Gasteiger partial charge in [0.1, 0.15) is 17.7 Å². The molecule has 1 aliphatic heterocycles. The summed E-state index contributed by atoms with van der Waals surface area (Å²) in [5, 5.41) is 8.48. The molecule has 1 aliphatic rings. The molecule has 4 rings (SSSR count). The molecule has 1 fully saturated rings. The van der Waals surface area contributed by atoms with Crippen LogP contribution in [0.3, 0.4) is 0 Å². The minimum absolute atomic E-state index is 0.604. The molecule has 0 aliphatic carbocycles. The Bertz CT molecular complexity index is 810. The van der Waals surface area contributed by atoms with Gasteiger partial charge in [-0.3, -0.25) is 4.68 Å². The summed E-state index contributed by atoms with van der Waals surface area (Å²) in [5.41, 5.74) is 2.43. The number of rotatable bonds is 5. The first-order valence-electron chi connectivity index (χ1n) is 8.92. The monoisotopic (exact) mass is 337 g/mol. The van der Waals surface area contributed by atoms with E-state index < -0.39 is 0 Å².